The summed E-state index contributed by atoms with van der Waals surface area (Å²) in [5, 5.41) is 2.92. The van der Waals surface area contributed by atoms with E-state index in [0.29, 0.717) is 24.3 Å². The molecular weight excluding hydrogens is 414 g/mol. The van der Waals surface area contributed by atoms with Crippen LogP contribution < -0.4 is 10.0 Å². The normalized spacial score (nSPS) is 12.3. The number of rotatable bonds is 8. The van der Waals surface area contributed by atoms with Crippen LogP contribution in [0.25, 0.3) is 0 Å². The van der Waals surface area contributed by atoms with Gasteiger partial charge in [-0.15, -0.1) is 0 Å². The van der Waals surface area contributed by atoms with Crippen LogP contribution in [0.1, 0.15) is 31.1 Å². The molecule has 0 aliphatic carbocycles. The van der Waals surface area contributed by atoms with Gasteiger partial charge in [0.25, 0.3) is 5.91 Å². The maximum Gasteiger partial charge on any atom is 0.253 e. The third kappa shape index (κ3) is 6.03. The first-order chi connectivity index (χ1) is 13.7. The molecule has 2 aromatic carbocycles. The molecule has 2 N–H and O–H groups in total. The zero-order chi connectivity index (χ0) is 21.6. The van der Waals surface area contributed by atoms with Crippen LogP contribution in [0, 0.1) is 0 Å². The first-order valence-corrected chi connectivity index (χ1v) is 11.0. The Bertz CT molecular complexity index is 973. The summed E-state index contributed by atoms with van der Waals surface area (Å²) >= 11 is 5.83. The fraction of sp³-hybridized carbons (Fsp3) is 0.300. The van der Waals surface area contributed by atoms with Crippen LogP contribution in [-0.4, -0.2) is 44.3 Å². The molecule has 0 spiro atoms. The van der Waals surface area contributed by atoms with E-state index in [4.69, 9.17) is 11.6 Å². The Balaban J connectivity index is 2.03. The lowest BCUT2D eigenvalue weighted by Crippen LogP contribution is -2.41. The smallest absolute Gasteiger partial charge is 0.253 e. The van der Waals surface area contributed by atoms with Gasteiger partial charge in [-0.3, -0.25) is 9.59 Å². The molecule has 0 aliphatic rings. The Morgan fingerprint density at radius 1 is 1.07 bits per heavy atom. The van der Waals surface area contributed by atoms with Gasteiger partial charge in [0.05, 0.1) is 10.9 Å². The molecular formula is C20H24ClN3O4S. The van der Waals surface area contributed by atoms with E-state index in [9.17, 15) is 18.0 Å². The fourth-order valence-electron chi connectivity index (χ4n) is 2.63. The molecule has 2 aromatic rings. The number of benzene rings is 2. The van der Waals surface area contributed by atoms with Crippen molar-refractivity contribution in [2.24, 2.45) is 0 Å². The first-order valence-electron chi connectivity index (χ1n) is 9.16. The molecule has 156 valence electrons. The number of carbonyl (C=O) groups excluding carboxylic acids is 2. The molecule has 2 rings (SSSR count). The van der Waals surface area contributed by atoms with E-state index in [-0.39, 0.29) is 15.8 Å². The second-order valence-electron chi connectivity index (χ2n) is 6.34. The minimum Gasteiger partial charge on any atom is -0.339 e. The average Bonchev–Trinajstić information content (AvgIpc) is 2.69. The van der Waals surface area contributed by atoms with E-state index in [0.717, 1.165) is 0 Å². The molecule has 29 heavy (non-hydrogen) atoms. The second-order valence-corrected chi connectivity index (χ2v) is 8.49. The van der Waals surface area contributed by atoms with Gasteiger partial charge in [-0.1, -0.05) is 17.7 Å². The number of hydrogen-bond donors (Lipinski definition) is 2. The van der Waals surface area contributed by atoms with Crippen LogP contribution in [0.3, 0.4) is 0 Å². The van der Waals surface area contributed by atoms with E-state index in [1.807, 2.05) is 13.8 Å². The maximum atomic E-state index is 12.4. The lowest BCUT2D eigenvalue weighted by molar-refractivity contribution is -0.117. The summed E-state index contributed by atoms with van der Waals surface area (Å²) in [6, 6.07) is 11.2. The Hall–Kier alpha value is -2.42. The van der Waals surface area contributed by atoms with Gasteiger partial charge in [0.15, 0.2) is 0 Å². The summed E-state index contributed by atoms with van der Waals surface area (Å²) in [4.78, 5) is 26.4. The van der Waals surface area contributed by atoms with Crippen LogP contribution in [0.5, 0.6) is 0 Å². The summed E-state index contributed by atoms with van der Waals surface area (Å²) in [7, 11) is -3.90. The molecule has 7 nitrogen and oxygen atoms in total. The Morgan fingerprint density at radius 2 is 1.69 bits per heavy atom. The molecule has 0 fully saturated rings. The Kier molecular flexibility index (Phi) is 7.78. The van der Waals surface area contributed by atoms with Gasteiger partial charge in [-0.2, -0.15) is 4.72 Å². The molecule has 2 amide bonds. The third-order valence-corrected chi connectivity index (χ3v) is 6.06. The predicted molar refractivity (Wildman–Crippen MR) is 114 cm³/mol. The number of nitrogens with one attached hydrogen (secondary N) is 2. The Labute approximate surface area is 176 Å². The van der Waals surface area contributed by atoms with Crippen molar-refractivity contribution < 1.29 is 18.0 Å². The summed E-state index contributed by atoms with van der Waals surface area (Å²) in [6.45, 7) is 6.47. The highest BCUT2D eigenvalue weighted by atomic mass is 35.5. The summed E-state index contributed by atoms with van der Waals surface area (Å²) in [5.74, 6) is -0.617. The fourth-order valence-corrected chi connectivity index (χ4v) is 4.13. The maximum absolute atomic E-state index is 12.4. The van der Waals surface area contributed by atoms with E-state index < -0.39 is 22.0 Å². The van der Waals surface area contributed by atoms with E-state index in [1.165, 1.54) is 25.1 Å². The van der Waals surface area contributed by atoms with Crippen LogP contribution in [0.15, 0.2) is 53.4 Å². The van der Waals surface area contributed by atoms with Crippen LogP contribution in [-0.2, 0) is 14.8 Å². The van der Waals surface area contributed by atoms with Gasteiger partial charge in [0, 0.05) is 29.4 Å². The number of hydrogen-bond acceptors (Lipinski definition) is 4. The summed E-state index contributed by atoms with van der Waals surface area (Å²) in [6.07, 6.45) is 0. The largest absolute Gasteiger partial charge is 0.339 e. The highest BCUT2D eigenvalue weighted by Gasteiger charge is 2.22. The monoisotopic (exact) mass is 437 g/mol. The quantitative estimate of drug-likeness (QED) is 0.663. The zero-order valence-electron chi connectivity index (χ0n) is 16.5. The number of amides is 2. The van der Waals surface area contributed by atoms with Crippen molar-refractivity contribution in [3.63, 3.8) is 0 Å². The zero-order valence-corrected chi connectivity index (χ0v) is 18.0. The molecule has 0 saturated carbocycles. The lowest BCUT2D eigenvalue weighted by Gasteiger charge is -2.19. The van der Waals surface area contributed by atoms with E-state index in [1.54, 1.807) is 35.2 Å². The second kappa shape index (κ2) is 9.87. The van der Waals surface area contributed by atoms with Crippen LogP contribution in [0.2, 0.25) is 5.02 Å². The lowest BCUT2D eigenvalue weighted by atomic mass is 10.1. The molecule has 0 aromatic heterocycles. The molecule has 0 aliphatic heterocycles. The number of nitrogens with zero attached hydrogens (tertiary/aromatic N) is 1. The molecule has 9 heteroatoms. The van der Waals surface area contributed by atoms with Crippen molar-refractivity contribution in [1.82, 2.24) is 9.62 Å². The first kappa shape index (κ1) is 22.9. The molecule has 0 radical (unpaired) electrons. The van der Waals surface area contributed by atoms with Crippen molar-refractivity contribution in [2.75, 3.05) is 18.4 Å². The Morgan fingerprint density at radius 3 is 2.24 bits per heavy atom. The minimum absolute atomic E-state index is 0.0242. The SMILES string of the molecule is CCN(CC)C(=O)c1ccc(NC(=O)[C@H](C)NS(=O)(=O)c2cccc(Cl)c2)cc1. The highest BCUT2D eigenvalue weighted by Crippen LogP contribution is 2.16. The van der Waals surface area contributed by atoms with Gasteiger partial charge < -0.3 is 10.2 Å². The molecule has 1 atom stereocenters. The minimum atomic E-state index is -3.90. The molecule has 0 heterocycles. The topological polar surface area (TPSA) is 95.6 Å². The standard InChI is InChI=1S/C20H24ClN3O4S/c1-4-24(5-2)20(26)15-9-11-17(12-10-15)22-19(25)14(3)23-29(27,28)18-8-6-7-16(21)13-18/h6-14,23H,4-5H2,1-3H3,(H,22,25)/t14-/m0/s1. The van der Waals surface area contributed by atoms with Crippen molar-refractivity contribution in [3.8, 4) is 0 Å². The van der Waals surface area contributed by atoms with Gasteiger partial charge in [-0.25, -0.2) is 8.42 Å². The van der Waals surface area contributed by atoms with Crippen molar-refractivity contribution in [2.45, 2.75) is 31.7 Å². The van der Waals surface area contributed by atoms with Crippen molar-refractivity contribution >= 4 is 39.1 Å². The van der Waals surface area contributed by atoms with Gasteiger partial charge in [-0.05, 0) is 63.2 Å². The van der Waals surface area contributed by atoms with Crippen molar-refractivity contribution in [3.05, 3.63) is 59.1 Å². The predicted octanol–water partition coefficient (Wildman–Crippen LogP) is 3.13. The van der Waals surface area contributed by atoms with Crippen molar-refractivity contribution in [1.29, 1.82) is 0 Å². The highest BCUT2D eigenvalue weighted by molar-refractivity contribution is 7.89. The number of sulfonamides is 1. The molecule has 0 saturated heterocycles. The third-order valence-electron chi connectivity index (χ3n) is 4.28. The van der Waals surface area contributed by atoms with E-state index >= 15 is 0 Å². The molecule has 0 bridgehead atoms. The van der Waals surface area contributed by atoms with Gasteiger partial charge in [0.1, 0.15) is 0 Å². The number of halogens is 1. The number of anilines is 1. The molecule has 0 unspecified atom stereocenters. The van der Waals surface area contributed by atoms with Gasteiger partial charge >= 0.3 is 0 Å². The average molecular weight is 438 g/mol. The van der Waals surface area contributed by atoms with Crippen LogP contribution in [0.4, 0.5) is 5.69 Å². The summed E-state index contributed by atoms with van der Waals surface area (Å²) in [5.41, 5.74) is 0.973. The van der Waals surface area contributed by atoms with E-state index in [2.05, 4.69) is 10.0 Å². The summed E-state index contributed by atoms with van der Waals surface area (Å²) < 4.78 is 27.1. The van der Waals surface area contributed by atoms with Gasteiger partial charge in [0.2, 0.25) is 15.9 Å². The van der Waals surface area contributed by atoms with Crippen LogP contribution >= 0.6 is 11.6 Å². The number of carbonyl (C=O) groups is 2.